The predicted octanol–water partition coefficient (Wildman–Crippen LogP) is 4.76. The van der Waals surface area contributed by atoms with E-state index >= 15 is 0 Å². The fraction of sp³-hybridized carbons (Fsp3) is 0.462. The van der Waals surface area contributed by atoms with Gasteiger partial charge in [-0.25, -0.2) is 0 Å². The van der Waals surface area contributed by atoms with Crippen molar-refractivity contribution in [3.63, 3.8) is 0 Å². The summed E-state index contributed by atoms with van der Waals surface area (Å²) in [6.07, 6.45) is -3.81. The Hall–Kier alpha value is -0.560. The van der Waals surface area contributed by atoms with E-state index in [0.717, 1.165) is 6.07 Å². The van der Waals surface area contributed by atoms with Gasteiger partial charge >= 0.3 is 6.18 Å². The molecule has 20 heavy (non-hydrogen) atoms. The van der Waals surface area contributed by atoms with Crippen LogP contribution in [-0.2, 0) is 6.18 Å². The Morgan fingerprint density at radius 1 is 1.35 bits per heavy atom. The van der Waals surface area contributed by atoms with Gasteiger partial charge in [-0.15, -0.1) is 0 Å². The molecular formula is C13H14Br2F3NO. The molecule has 0 saturated carbocycles. The molecule has 1 rings (SSSR count). The third-order valence-electron chi connectivity index (χ3n) is 2.59. The first-order valence-corrected chi connectivity index (χ1v) is 7.63. The molecule has 112 valence electrons. The van der Waals surface area contributed by atoms with Crippen molar-refractivity contribution in [2.24, 2.45) is 0 Å². The molecule has 0 aliphatic carbocycles. The van der Waals surface area contributed by atoms with Gasteiger partial charge in [0, 0.05) is 20.9 Å². The third-order valence-corrected chi connectivity index (χ3v) is 3.66. The van der Waals surface area contributed by atoms with E-state index in [2.05, 4.69) is 37.2 Å². The molecule has 1 aromatic carbocycles. The molecule has 1 aromatic rings. The molecule has 2 nitrogen and oxygen atoms in total. The lowest BCUT2D eigenvalue weighted by atomic mass is 10.1. The maximum absolute atomic E-state index is 12.8. The van der Waals surface area contributed by atoms with Crippen LogP contribution >= 0.6 is 31.9 Å². The highest BCUT2D eigenvalue weighted by molar-refractivity contribution is 9.10. The van der Waals surface area contributed by atoms with E-state index in [1.54, 1.807) is 6.92 Å². The van der Waals surface area contributed by atoms with Crippen LogP contribution in [0.1, 0.15) is 36.2 Å². The van der Waals surface area contributed by atoms with Crippen molar-refractivity contribution in [2.75, 3.05) is 0 Å². The maximum Gasteiger partial charge on any atom is 0.417 e. The van der Waals surface area contributed by atoms with Crippen LogP contribution in [0.3, 0.4) is 0 Å². The van der Waals surface area contributed by atoms with Gasteiger partial charge in [0.2, 0.25) is 0 Å². The number of carbonyl (C=O) groups is 1. The van der Waals surface area contributed by atoms with Crippen LogP contribution in [0.15, 0.2) is 22.7 Å². The van der Waals surface area contributed by atoms with Crippen LogP contribution in [-0.4, -0.2) is 16.8 Å². The van der Waals surface area contributed by atoms with Crippen LogP contribution in [0.5, 0.6) is 0 Å². The normalized spacial score (nSPS) is 14.8. The summed E-state index contributed by atoms with van der Waals surface area (Å²) in [7, 11) is 0. The maximum atomic E-state index is 12.8. The second-order valence-corrected chi connectivity index (χ2v) is 7.00. The van der Waals surface area contributed by atoms with Crippen LogP contribution in [0.2, 0.25) is 0 Å². The standard InChI is InChI=1S/C13H14Br2F3NO/c1-7(14)5-8(2)19-12(20)9-3-4-11(15)10(6-9)13(16,17)18/h3-4,6-8H,5H2,1-2H3,(H,19,20). The fourth-order valence-corrected chi connectivity index (χ4v) is 2.77. The van der Waals surface area contributed by atoms with Crippen LogP contribution < -0.4 is 5.32 Å². The summed E-state index contributed by atoms with van der Waals surface area (Å²) in [6.45, 7) is 3.74. The van der Waals surface area contributed by atoms with Gasteiger partial charge in [-0.3, -0.25) is 4.79 Å². The lowest BCUT2D eigenvalue weighted by Gasteiger charge is -2.16. The van der Waals surface area contributed by atoms with Crippen molar-refractivity contribution in [2.45, 2.75) is 37.3 Å². The number of amides is 1. The van der Waals surface area contributed by atoms with Gasteiger partial charge in [0.05, 0.1) is 5.56 Å². The summed E-state index contributed by atoms with van der Waals surface area (Å²) in [5, 5.41) is 2.67. The Labute approximate surface area is 132 Å². The number of rotatable bonds is 4. The van der Waals surface area contributed by atoms with Crippen LogP contribution in [0.4, 0.5) is 13.2 Å². The third kappa shape index (κ3) is 5.09. The molecule has 0 aliphatic heterocycles. The van der Waals surface area contributed by atoms with Gasteiger partial charge in [0.1, 0.15) is 0 Å². The van der Waals surface area contributed by atoms with Gasteiger partial charge in [-0.05, 0) is 31.5 Å². The number of carbonyl (C=O) groups excluding carboxylic acids is 1. The Morgan fingerprint density at radius 3 is 2.45 bits per heavy atom. The van der Waals surface area contributed by atoms with Crippen molar-refractivity contribution in [1.29, 1.82) is 0 Å². The molecule has 0 heterocycles. The number of hydrogen-bond acceptors (Lipinski definition) is 1. The minimum absolute atomic E-state index is 0.00500. The minimum atomic E-state index is -4.49. The van der Waals surface area contributed by atoms with E-state index in [4.69, 9.17) is 0 Å². The van der Waals surface area contributed by atoms with E-state index in [9.17, 15) is 18.0 Å². The summed E-state index contributed by atoms with van der Waals surface area (Å²) in [4.78, 5) is 12.1. The first kappa shape index (κ1) is 17.5. The highest BCUT2D eigenvalue weighted by Gasteiger charge is 2.33. The van der Waals surface area contributed by atoms with E-state index in [1.165, 1.54) is 12.1 Å². The molecule has 7 heteroatoms. The Kier molecular flexibility index (Phi) is 6.06. The monoisotopic (exact) mass is 415 g/mol. The summed E-state index contributed by atoms with van der Waals surface area (Å²) >= 11 is 6.20. The number of halogens is 5. The fourth-order valence-electron chi connectivity index (χ4n) is 1.74. The number of alkyl halides is 4. The van der Waals surface area contributed by atoms with Crippen molar-refractivity contribution >= 4 is 37.8 Å². The molecule has 0 radical (unpaired) electrons. The molecule has 0 fully saturated rings. The van der Waals surface area contributed by atoms with E-state index < -0.39 is 17.6 Å². The second kappa shape index (κ2) is 6.93. The number of hydrogen-bond donors (Lipinski definition) is 1. The van der Waals surface area contributed by atoms with Crippen LogP contribution in [0, 0.1) is 0 Å². The lowest BCUT2D eigenvalue weighted by molar-refractivity contribution is -0.138. The summed E-state index contributed by atoms with van der Waals surface area (Å²) < 4.78 is 38.2. The van der Waals surface area contributed by atoms with Crippen molar-refractivity contribution in [3.8, 4) is 0 Å². The molecule has 2 atom stereocenters. The first-order chi connectivity index (χ1) is 9.11. The van der Waals surface area contributed by atoms with Crippen molar-refractivity contribution in [1.82, 2.24) is 5.32 Å². The van der Waals surface area contributed by atoms with E-state index in [0.29, 0.717) is 6.42 Å². The zero-order valence-corrected chi connectivity index (χ0v) is 14.1. The smallest absolute Gasteiger partial charge is 0.350 e. The Balaban J connectivity index is 2.89. The van der Waals surface area contributed by atoms with Gasteiger partial charge in [-0.1, -0.05) is 38.8 Å². The molecule has 2 unspecified atom stereocenters. The van der Waals surface area contributed by atoms with Crippen LogP contribution in [0.25, 0.3) is 0 Å². The summed E-state index contributed by atoms with van der Waals surface area (Å²) in [5.74, 6) is -0.511. The largest absolute Gasteiger partial charge is 0.417 e. The second-order valence-electron chi connectivity index (χ2n) is 4.58. The van der Waals surface area contributed by atoms with Gasteiger partial charge in [0.15, 0.2) is 0 Å². The number of nitrogens with one attached hydrogen (secondary N) is 1. The zero-order valence-electron chi connectivity index (χ0n) is 10.9. The summed E-state index contributed by atoms with van der Waals surface area (Å²) in [5.41, 5.74) is -0.860. The predicted molar refractivity (Wildman–Crippen MR) is 79.1 cm³/mol. The molecule has 0 aliphatic rings. The minimum Gasteiger partial charge on any atom is -0.350 e. The number of benzene rings is 1. The summed E-state index contributed by atoms with van der Waals surface area (Å²) in [6, 6.07) is 3.31. The molecule has 1 N–H and O–H groups in total. The van der Waals surface area contributed by atoms with Crippen molar-refractivity contribution < 1.29 is 18.0 Å². The molecule has 1 amide bonds. The zero-order chi connectivity index (χ0) is 15.5. The SMILES string of the molecule is CC(Br)CC(C)NC(=O)c1ccc(Br)c(C(F)(F)F)c1. The van der Waals surface area contributed by atoms with E-state index in [1.807, 2.05) is 6.92 Å². The van der Waals surface area contributed by atoms with Gasteiger partial charge in [0.25, 0.3) is 5.91 Å². The molecule has 0 spiro atoms. The molecular weight excluding hydrogens is 403 g/mol. The Bertz CT molecular complexity index is 489. The lowest BCUT2D eigenvalue weighted by Crippen LogP contribution is -2.34. The Morgan fingerprint density at radius 2 is 1.95 bits per heavy atom. The van der Waals surface area contributed by atoms with Gasteiger partial charge < -0.3 is 5.32 Å². The average molecular weight is 417 g/mol. The van der Waals surface area contributed by atoms with Crippen molar-refractivity contribution in [3.05, 3.63) is 33.8 Å². The molecule has 0 aromatic heterocycles. The molecule has 0 bridgehead atoms. The quantitative estimate of drug-likeness (QED) is 0.704. The highest BCUT2D eigenvalue weighted by Crippen LogP contribution is 2.35. The topological polar surface area (TPSA) is 29.1 Å². The molecule has 0 saturated heterocycles. The average Bonchev–Trinajstić information content (AvgIpc) is 2.26. The van der Waals surface area contributed by atoms with Gasteiger partial charge in [-0.2, -0.15) is 13.2 Å². The first-order valence-electron chi connectivity index (χ1n) is 5.93. The highest BCUT2D eigenvalue weighted by atomic mass is 79.9. The van der Waals surface area contributed by atoms with E-state index in [-0.39, 0.29) is 20.9 Å².